The average molecular weight is 768 g/mol. The summed E-state index contributed by atoms with van der Waals surface area (Å²) < 4.78 is 1.26. The van der Waals surface area contributed by atoms with Crippen molar-refractivity contribution < 1.29 is 47.1 Å². The molecule has 0 fully saturated rings. The van der Waals surface area contributed by atoms with E-state index in [2.05, 4.69) is 31.0 Å². The molecule has 1 unspecified atom stereocenters. The summed E-state index contributed by atoms with van der Waals surface area (Å²) in [5, 5.41) is 83.1. The molecule has 0 amide bonds. The first-order valence-electron chi connectivity index (χ1n) is 15.4. The fourth-order valence-corrected chi connectivity index (χ4v) is 4.98. The van der Waals surface area contributed by atoms with Crippen molar-refractivity contribution >= 4 is 28.4 Å². The monoisotopic (exact) mass is 767 g/mol. The standard InChI is InChI=1S/C17H17N5O4.C17H15N5O4.Co/c2*1-21-17(24)16(14(20-21)9-11-5-3-2-4-6-11)19-18-13-10-12(22(25)26)7-8-15(13)23;/h2-8,10,14,20,23-24H,9H2,1H3;2-8,10,23-24H,9H2,1H3;. The van der Waals surface area contributed by atoms with Crippen LogP contribution in [0.2, 0.25) is 0 Å². The number of rotatable bonds is 10. The zero-order chi connectivity index (χ0) is 37.4. The number of phenols is 2. The normalized spacial score (nSPS) is 13.9. The topological polar surface area (TPSA) is 250 Å². The molecule has 2 heterocycles. The minimum atomic E-state index is -0.596. The van der Waals surface area contributed by atoms with Gasteiger partial charge in [0.15, 0.2) is 5.69 Å². The Bertz CT molecular complexity index is 2180. The first-order chi connectivity index (χ1) is 24.9. The molecule has 1 atom stereocenters. The van der Waals surface area contributed by atoms with E-state index < -0.39 is 9.85 Å². The van der Waals surface area contributed by atoms with Crippen LogP contribution in [0.15, 0.2) is 129 Å². The molecule has 0 aliphatic carbocycles. The Morgan fingerprint density at radius 3 is 1.77 bits per heavy atom. The summed E-state index contributed by atoms with van der Waals surface area (Å²) >= 11 is 0. The molecule has 18 nitrogen and oxygen atoms in total. The first kappa shape index (κ1) is 39.1. The van der Waals surface area contributed by atoms with Crippen molar-refractivity contribution in [2.24, 2.45) is 27.5 Å². The Balaban J connectivity index is 0.000000232. The van der Waals surface area contributed by atoms with E-state index >= 15 is 0 Å². The Morgan fingerprint density at radius 1 is 0.736 bits per heavy atom. The largest absolute Gasteiger partial charge is 0.506 e. The molecule has 1 aliphatic heterocycles. The van der Waals surface area contributed by atoms with Crippen LogP contribution in [0.5, 0.6) is 17.4 Å². The maximum Gasteiger partial charge on any atom is 0.271 e. The van der Waals surface area contributed by atoms with Gasteiger partial charge in [-0.15, -0.1) is 20.5 Å². The van der Waals surface area contributed by atoms with Gasteiger partial charge in [0.2, 0.25) is 11.8 Å². The SMILES string of the molecule is CN1NC(Cc2ccccc2)C(N=Nc2cc([N+](=O)[O-])ccc2O)=C1O.Cn1nc(Cc2ccccc2)c(N=Nc2cc([N+](=O)[O-])ccc2O)c1O.[Co]. The number of aliphatic hydroxyl groups is 1. The van der Waals surface area contributed by atoms with Crippen molar-refractivity contribution in [1.29, 1.82) is 0 Å². The van der Waals surface area contributed by atoms with E-state index in [0.29, 0.717) is 18.5 Å². The third-order valence-electron chi connectivity index (χ3n) is 7.65. The van der Waals surface area contributed by atoms with Gasteiger partial charge in [0.25, 0.3) is 11.4 Å². The van der Waals surface area contributed by atoms with Crippen molar-refractivity contribution in [3.63, 3.8) is 0 Å². The van der Waals surface area contributed by atoms with Gasteiger partial charge in [-0.1, -0.05) is 60.7 Å². The summed E-state index contributed by atoms with van der Waals surface area (Å²) in [5.41, 5.74) is 5.43. The molecule has 0 bridgehead atoms. The number of nitro groups is 2. The molecular formula is C34H32CoN10O8. The van der Waals surface area contributed by atoms with E-state index in [9.17, 15) is 40.7 Å². The number of aryl methyl sites for hydroxylation is 1. The molecule has 275 valence electrons. The number of non-ortho nitro benzene ring substituents is 2. The predicted octanol–water partition coefficient (Wildman–Crippen LogP) is 6.92. The summed E-state index contributed by atoms with van der Waals surface area (Å²) in [6.07, 6.45) is 0.981. The smallest absolute Gasteiger partial charge is 0.271 e. The third-order valence-corrected chi connectivity index (χ3v) is 7.65. The van der Waals surface area contributed by atoms with Crippen molar-refractivity contribution in [1.82, 2.24) is 20.2 Å². The van der Waals surface area contributed by atoms with Crippen molar-refractivity contribution in [3.8, 4) is 17.4 Å². The fraction of sp³-hybridized carbons (Fsp3) is 0.147. The molecule has 6 rings (SSSR count). The van der Waals surface area contributed by atoms with Crippen LogP contribution in [-0.2, 0) is 36.7 Å². The van der Waals surface area contributed by atoms with Crippen LogP contribution in [0, 0.1) is 20.2 Å². The number of phenolic OH excluding ortho intramolecular Hbond substituents is 2. The van der Waals surface area contributed by atoms with Crippen LogP contribution in [0.4, 0.5) is 28.4 Å². The molecule has 5 aromatic rings. The summed E-state index contributed by atoms with van der Waals surface area (Å²) in [5.74, 6) is -0.782. The number of aromatic hydroxyl groups is 3. The third kappa shape index (κ3) is 9.76. The van der Waals surface area contributed by atoms with Crippen molar-refractivity contribution in [2.45, 2.75) is 18.9 Å². The molecular weight excluding hydrogens is 735 g/mol. The number of aromatic nitrogens is 2. The van der Waals surface area contributed by atoms with E-state index in [0.717, 1.165) is 29.3 Å². The number of azo groups is 2. The molecule has 4 aromatic carbocycles. The number of nitrogens with zero attached hydrogens (tertiary/aromatic N) is 9. The number of nitro benzene ring substituents is 2. The Morgan fingerprint density at radius 2 is 1.25 bits per heavy atom. The number of hydrogen-bond acceptors (Lipinski definition) is 15. The molecule has 0 saturated carbocycles. The van der Waals surface area contributed by atoms with E-state index in [1.54, 1.807) is 14.1 Å². The van der Waals surface area contributed by atoms with Gasteiger partial charge in [0, 0.05) is 61.6 Å². The number of aliphatic hydroxyl groups excluding tert-OH is 1. The maximum absolute atomic E-state index is 10.9. The van der Waals surface area contributed by atoms with Gasteiger partial charge in [-0.05, 0) is 29.7 Å². The Hall–Kier alpha value is -6.70. The van der Waals surface area contributed by atoms with Crippen LogP contribution in [0.3, 0.4) is 0 Å². The molecule has 5 N–H and O–H groups in total. The zero-order valence-electron chi connectivity index (χ0n) is 28.0. The van der Waals surface area contributed by atoms with Gasteiger partial charge >= 0.3 is 0 Å². The number of hydrogen-bond donors (Lipinski definition) is 5. The van der Waals surface area contributed by atoms with Crippen LogP contribution < -0.4 is 5.43 Å². The molecule has 1 aliphatic rings. The molecule has 19 heteroatoms. The van der Waals surface area contributed by atoms with Gasteiger partial charge in [-0.25, -0.2) is 10.1 Å². The predicted molar refractivity (Wildman–Crippen MR) is 187 cm³/mol. The van der Waals surface area contributed by atoms with Gasteiger partial charge in [-0.3, -0.25) is 25.2 Å². The van der Waals surface area contributed by atoms with Crippen LogP contribution in [0.1, 0.15) is 16.8 Å². The van der Waals surface area contributed by atoms with Crippen LogP contribution >= 0.6 is 0 Å². The molecule has 1 radical (unpaired) electrons. The Kier molecular flexibility index (Phi) is 12.9. The molecule has 1 aromatic heterocycles. The Labute approximate surface area is 311 Å². The van der Waals surface area contributed by atoms with Crippen LogP contribution in [-0.4, -0.2) is 58.2 Å². The first-order valence-corrected chi connectivity index (χ1v) is 15.4. The van der Waals surface area contributed by atoms with E-state index in [1.807, 2.05) is 60.7 Å². The molecule has 0 spiro atoms. The zero-order valence-corrected chi connectivity index (χ0v) is 29.1. The van der Waals surface area contributed by atoms with Gasteiger partial charge in [-0.2, -0.15) is 5.10 Å². The molecule has 53 heavy (non-hydrogen) atoms. The van der Waals surface area contributed by atoms with Crippen LogP contribution in [0.25, 0.3) is 0 Å². The average Bonchev–Trinajstić information content (AvgIpc) is 3.55. The van der Waals surface area contributed by atoms with Gasteiger partial charge in [0.05, 0.1) is 21.6 Å². The maximum atomic E-state index is 10.9. The minimum absolute atomic E-state index is 0. The van der Waals surface area contributed by atoms with E-state index in [4.69, 9.17) is 0 Å². The second-order valence-electron chi connectivity index (χ2n) is 11.3. The van der Waals surface area contributed by atoms with Crippen molar-refractivity contribution in [3.05, 3.63) is 146 Å². The van der Waals surface area contributed by atoms with Gasteiger partial charge < -0.3 is 20.4 Å². The number of nitrogens with one attached hydrogen (secondary N) is 1. The number of hydrazine groups is 1. The van der Waals surface area contributed by atoms with Crippen molar-refractivity contribution in [2.75, 3.05) is 7.05 Å². The quantitative estimate of drug-likeness (QED) is 0.0554. The summed E-state index contributed by atoms with van der Waals surface area (Å²) in [4.78, 5) is 20.5. The molecule has 0 saturated heterocycles. The fourth-order valence-electron chi connectivity index (χ4n) is 4.98. The second kappa shape index (κ2) is 17.5. The van der Waals surface area contributed by atoms with E-state index in [-0.39, 0.29) is 80.2 Å². The van der Waals surface area contributed by atoms with Gasteiger partial charge in [0.1, 0.15) is 28.6 Å². The summed E-state index contributed by atoms with van der Waals surface area (Å²) in [7, 11) is 3.20. The van der Waals surface area contributed by atoms with E-state index in [1.165, 1.54) is 27.9 Å². The summed E-state index contributed by atoms with van der Waals surface area (Å²) in [6.45, 7) is 0. The summed E-state index contributed by atoms with van der Waals surface area (Å²) in [6, 6.07) is 25.7. The second-order valence-corrected chi connectivity index (χ2v) is 11.3. The number of benzene rings is 4. The minimum Gasteiger partial charge on any atom is -0.506 e.